The highest BCUT2D eigenvalue weighted by atomic mass is 16.3. The number of hydrogen-bond acceptors (Lipinski definition) is 4. The molecule has 11 heteroatoms. The van der Waals surface area contributed by atoms with Crippen LogP contribution in [0.2, 0.25) is 0 Å². The quantitative estimate of drug-likeness (QED) is 0.223. The smallest absolute Gasteiger partial charge is 0.164 e. The fourth-order valence-electron chi connectivity index (χ4n) is 10.3. The zero-order chi connectivity index (χ0) is 46.2. The lowest BCUT2D eigenvalue weighted by Crippen LogP contribution is -2.33. The van der Waals surface area contributed by atoms with Gasteiger partial charge in [0.25, 0.3) is 0 Å². The third-order valence-corrected chi connectivity index (χ3v) is 14.0. The average Bonchev–Trinajstić information content (AvgIpc) is 3.95. The van der Waals surface area contributed by atoms with Crippen molar-refractivity contribution in [3.05, 3.63) is 182 Å². The van der Waals surface area contributed by atoms with Crippen molar-refractivity contribution < 1.29 is 4.42 Å². The summed E-state index contributed by atoms with van der Waals surface area (Å²) in [5, 5.41) is 4.74. The summed E-state index contributed by atoms with van der Waals surface area (Å²) in [6.45, 7) is 0. The first-order valence-corrected chi connectivity index (χ1v) is 23.3. The Morgan fingerprint density at radius 2 is 0.765 bits per heavy atom. The summed E-state index contributed by atoms with van der Waals surface area (Å²) in [6, 6.07) is 64.1. The van der Waals surface area contributed by atoms with Gasteiger partial charge in [-0.15, -0.1) is 0 Å². The van der Waals surface area contributed by atoms with Crippen LogP contribution in [0, 0.1) is 0 Å². The molecule has 314 valence electrons. The Bertz CT molecular complexity index is 3780. The van der Waals surface area contributed by atoms with Gasteiger partial charge in [-0.2, -0.15) is 0 Å². The maximum Gasteiger partial charge on any atom is 0.164 e. The molecule has 0 saturated heterocycles. The molecule has 0 fully saturated rings. The summed E-state index contributed by atoms with van der Waals surface area (Å²) in [4.78, 5) is 15.5. The first-order valence-electron chi connectivity index (χ1n) is 23.3. The largest absolute Gasteiger partial charge is 0.455 e. The lowest BCUT2D eigenvalue weighted by molar-refractivity contribution is 0.670. The molecule has 12 rings (SSSR count). The molecule has 3 heterocycles. The van der Waals surface area contributed by atoms with Gasteiger partial charge in [-0.25, -0.2) is 15.0 Å². The Morgan fingerprint density at radius 1 is 0.353 bits per heavy atom. The summed E-state index contributed by atoms with van der Waals surface area (Å²) >= 11 is 0. The molecule has 0 radical (unpaired) electrons. The van der Waals surface area contributed by atoms with Crippen LogP contribution in [0.5, 0.6) is 0 Å². The number of hydrogen-bond donors (Lipinski definition) is 0. The van der Waals surface area contributed by atoms with Crippen LogP contribution in [0.25, 0.3) is 117 Å². The topological polar surface area (TPSA) is 56.7 Å². The van der Waals surface area contributed by atoms with Gasteiger partial charge in [0, 0.05) is 49.7 Å². The van der Waals surface area contributed by atoms with E-state index < -0.39 is 0 Å². The maximum atomic E-state index is 7.02. The second kappa shape index (κ2) is 16.4. The highest BCUT2D eigenvalue weighted by Gasteiger charge is 2.24. The van der Waals surface area contributed by atoms with Crippen LogP contribution < -0.4 is 32.8 Å². The van der Waals surface area contributed by atoms with Crippen LogP contribution in [0.4, 0.5) is 0 Å². The van der Waals surface area contributed by atoms with Gasteiger partial charge in [-0.1, -0.05) is 191 Å². The summed E-state index contributed by atoms with van der Waals surface area (Å²) in [5.74, 6) is 1.78. The van der Waals surface area contributed by atoms with Crippen molar-refractivity contribution in [2.24, 2.45) is 0 Å². The zero-order valence-electron chi connectivity index (χ0n) is 39.0. The Kier molecular flexibility index (Phi) is 9.98. The number of rotatable bonds is 7. The summed E-state index contributed by atoms with van der Waals surface area (Å²) in [6.07, 6.45) is 0. The fourth-order valence-corrected chi connectivity index (χ4v) is 10.3. The highest BCUT2D eigenvalue weighted by Crippen LogP contribution is 2.41. The molecule has 0 unspecified atom stereocenters. The second-order valence-corrected chi connectivity index (χ2v) is 18.3. The fraction of sp³-hybridized carbons (Fsp3) is 0. The van der Waals surface area contributed by atoms with Gasteiger partial charge in [0.15, 0.2) is 17.5 Å². The Labute approximate surface area is 400 Å². The van der Waals surface area contributed by atoms with Crippen molar-refractivity contribution >= 4 is 124 Å². The first kappa shape index (κ1) is 41.4. The van der Waals surface area contributed by atoms with Crippen LogP contribution in [0.15, 0.2) is 186 Å². The van der Waals surface area contributed by atoms with E-state index in [1.54, 1.807) is 0 Å². The van der Waals surface area contributed by atoms with Crippen LogP contribution in [-0.2, 0) is 0 Å². The lowest BCUT2D eigenvalue weighted by atomic mass is 9.71. The van der Waals surface area contributed by atoms with E-state index in [0.717, 1.165) is 77.7 Å². The Hall–Kier alpha value is -8.02. The van der Waals surface area contributed by atoms with Crippen molar-refractivity contribution in [2.75, 3.05) is 0 Å². The molecule has 0 aliphatic heterocycles. The molecule has 68 heavy (non-hydrogen) atoms. The molecule has 0 aliphatic carbocycles. The molecule has 9 aromatic carbocycles. The van der Waals surface area contributed by atoms with E-state index in [0.29, 0.717) is 17.5 Å². The van der Waals surface area contributed by atoms with Crippen molar-refractivity contribution in [3.8, 4) is 73.2 Å². The van der Waals surface area contributed by atoms with E-state index in [9.17, 15) is 0 Å². The third kappa shape index (κ3) is 6.92. The Morgan fingerprint density at radius 3 is 1.25 bits per heavy atom. The third-order valence-electron chi connectivity index (χ3n) is 14.0. The Balaban J connectivity index is 1.05. The van der Waals surface area contributed by atoms with Gasteiger partial charge in [0.2, 0.25) is 0 Å². The second-order valence-electron chi connectivity index (χ2n) is 18.3. The molecule has 0 saturated carbocycles. The van der Waals surface area contributed by atoms with Crippen LogP contribution in [-0.4, -0.2) is 66.6 Å². The number of nitrogens with zero attached hydrogens (tertiary/aromatic N) is 4. The number of benzene rings is 9. The number of aromatic nitrogens is 4. The minimum atomic E-state index is 0.572. The normalized spacial score (nSPS) is 11.6. The predicted octanol–water partition coefficient (Wildman–Crippen LogP) is 4.42. The molecule has 0 amide bonds. The van der Waals surface area contributed by atoms with E-state index >= 15 is 0 Å². The van der Waals surface area contributed by atoms with Gasteiger partial charge < -0.3 is 8.98 Å². The van der Waals surface area contributed by atoms with Gasteiger partial charge >= 0.3 is 0 Å². The molecular formula is C57H42B6N4O. The van der Waals surface area contributed by atoms with E-state index in [1.165, 1.54) is 54.6 Å². The number of fused-ring (bicyclic) bond motifs is 6. The molecule has 0 aliphatic rings. The van der Waals surface area contributed by atoms with Gasteiger partial charge in [-0.3, -0.25) is 0 Å². The van der Waals surface area contributed by atoms with Gasteiger partial charge in [-0.05, 0) is 62.9 Å². The first-order chi connectivity index (χ1) is 33.2. The summed E-state index contributed by atoms with van der Waals surface area (Å²) < 4.78 is 9.54. The van der Waals surface area contributed by atoms with Crippen LogP contribution in [0.3, 0.4) is 0 Å². The van der Waals surface area contributed by atoms with Crippen LogP contribution >= 0.6 is 0 Å². The van der Waals surface area contributed by atoms with E-state index in [-0.39, 0.29) is 0 Å². The minimum Gasteiger partial charge on any atom is -0.455 e. The molecule has 0 N–H and O–H groups in total. The van der Waals surface area contributed by atoms with Crippen molar-refractivity contribution in [1.82, 2.24) is 19.5 Å². The number of furan rings is 1. The highest BCUT2D eigenvalue weighted by molar-refractivity contribution is 6.62. The summed E-state index contributed by atoms with van der Waals surface area (Å²) in [7, 11) is 13.5. The van der Waals surface area contributed by atoms with Gasteiger partial charge in [0.05, 0.1) is 0 Å². The molecule has 0 bridgehead atoms. The standard InChI is InChI=1S/C57H42B6N4O/c58-43-29-45(60)52-48(50(43)62)49-51(63)44(59)30-46(61)53(49)67(52)39-27-41(35-14-8-3-9-15-35)54-42(28-39)40-25-24-38(26-47(40)68-54)57-65-55(36-20-16-33(17-21-36)31-10-4-1-5-11-31)64-56(66-57)37-22-18-34(19-23-37)32-12-6-2-7-13-32/h1-30H,58-63H2. The van der Waals surface area contributed by atoms with Gasteiger partial charge in [0.1, 0.15) is 58.2 Å². The summed E-state index contributed by atoms with van der Waals surface area (Å²) in [5.41, 5.74) is 22.4. The van der Waals surface area contributed by atoms with E-state index in [2.05, 4.69) is 222 Å². The lowest BCUT2D eigenvalue weighted by Gasteiger charge is -2.15. The SMILES string of the molecule is Bc1cc(B)c2c(c1B)c1c(B)c(B)cc(B)c1n2-c1cc(-c2ccccc2)c2oc3cc(-c4nc(-c5ccc(-c6ccccc6)cc5)nc(-c5ccc(-c6ccccc6)cc5)n4)ccc3c2c1. The molecule has 12 aromatic rings. The molecule has 0 atom stereocenters. The molecule has 0 spiro atoms. The van der Waals surface area contributed by atoms with E-state index in [1.807, 2.05) is 12.1 Å². The minimum absolute atomic E-state index is 0.572. The van der Waals surface area contributed by atoms with Crippen molar-refractivity contribution in [3.63, 3.8) is 0 Å². The van der Waals surface area contributed by atoms with Crippen molar-refractivity contribution in [2.45, 2.75) is 0 Å². The van der Waals surface area contributed by atoms with Crippen LogP contribution in [0.1, 0.15) is 0 Å². The molecule has 3 aromatic heterocycles. The monoisotopic (exact) mass is 864 g/mol. The zero-order valence-corrected chi connectivity index (χ0v) is 39.0. The van der Waals surface area contributed by atoms with E-state index in [4.69, 9.17) is 19.4 Å². The average molecular weight is 864 g/mol. The predicted molar refractivity (Wildman–Crippen MR) is 303 cm³/mol. The van der Waals surface area contributed by atoms with Crippen molar-refractivity contribution in [1.29, 1.82) is 0 Å². The maximum absolute atomic E-state index is 7.02. The molecule has 5 nitrogen and oxygen atoms in total. The molecular weight excluding hydrogens is 822 g/mol.